The van der Waals surface area contributed by atoms with Crippen molar-refractivity contribution in [1.82, 2.24) is 5.32 Å². The molecular weight excluding hydrogens is 448 g/mol. The monoisotopic (exact) mass is 473 g/mol. The van der Waals surface area contributed by atoms with Gasteiger partial charge in [0.05, 0.1) is 0 Å². The fourth-order valence-electron chi connectivity index (χ4n) is 4.43. The number of rotatable bonds is 3. The lowest BCUT2D eigenvalue weighted by Gasteiger charge is -2.37. The van der Waals surface area contributed by atoms with Crippen molar-refractivity contribution >= 4 is 28.1 Å². The number of nitrogens with one attached hydrogen (secondary N) is 1. The summed E-state index contributed by atoms with van der Waals surface area (Å²) in [6.07, 6.45) is -0.00441. The van der Waals surface area contributed by atoms with Crippen molar-refractivity contribution in [3.8, 4) is 16.9 Å². The van der Waals surface area contributed by atoms with Gasteiger partial charge in [0.15, 0.2) is 5.76 Å². The average Bonchev–Trinajstić information content (AvgIpc) is 3.12. The molecule has 1 atom stereocenters. The molecule has 2 heterocycles. The van der Waals surface area contributed by atoms with Gasteiger partial charge in [-0.05, 0) is 66.3 Å². The van der Waals surface area contributed by atoms with Gasteiger partial charge in [0.2, 0.25) is 5.92 Å². The lowest BCUT2D eigenvalue weighted by molar-refractivity contribution is -0.0523. The largest absolute Gasteiger partial charge is 0.616 e. The van der Waals surface area contributed by atoms with Gasteiger partial charge >= 0.3 is 0 Å². The third-order valence-electron chi connectivity index (χ3n) is 6.53. The maximum atomic E-state index is 13.5. The van der Waals surface area contributed by atoms with Gasteiger partial charge in [0.25, 0.3) is 5.91 Å². The molecule has 5 nitrogen and oxygen atoms in total. The Bertz CT molecular complexity index is 1200. The van der Waals surface area contributed by atoms with Crippen molar-refractivity contribution in [2.45, 2.75) is 49.8 Å². The Morgan fingerprint density at radius 2 is 1.79 bits per heavy atom. The fraction of sp³-hybridized carbons (Fsp3) is 0.400. The second-order valence-electron chi connectivity index (χ2n) is 9.19. The highest BCUT2D eigenvalue weighted by molar-refractivity contribution is 7.90. The van der Waals surface area contributed by atoms with E-state index >= 15 is 0 Å². The van der Waals surface area contributed by atoms with Crippen molar-refractivity contribution in [2.75, 3.05) is 12.4 Å². The van der Waals surface area contributed by atoms with Crippen LogP contribution in [0.5, 0.6) is 5.75 Å². The van der Waals surface area contributed by atoms with Crippen LogP contribution in [-0.2, 0) is 16.9 Å². The normalized spacial score (nSPS) is 21.6. The standard InChI is InChI=1S/C25H25F2NO4S/c1-24(6-8-25(26,27)9-7-24)28-23(29)22-14-18-4-2-17(13-21(18)32-22)16-3-5-19-15-33(30)11-10-31-20(19)12-16/h2-5,12-14H,6-11,15H2,1H3,(H,28,29). The van der Waals surface area contributed by atoms with Gasteiger partial charge < -0.3 is 19.0 Å². The second kappa shape index (κ2) is 8.33. The van der Waals surface area contributed by atoms with Gasteiger partial charge in [-0.3, -0.25) is 4.79 Å². The van der Waals surface area contributed by atoms with E-state index in [0.29, 0.717) is 23.7 Å². The maximum Gasteiger partial charge on any atom is 0.287 e. The van der Waals surface area contributed by atoms with E-state index in [0.717, 1.165) is 27.8 Å². The minimum Gasteiger partial charge on any atom is -0.616 e. The van der Waals surface area contributed by atoms with Crippen molar-refractivity contribution in [3.63, 3.8) is 0 Å². The molecule has 2 aromatic carbocycles. The summed E-state index contributed by atoms with van der Waals surface area (Å²) in [5, 5.41) is 3.68. The molecule has 1 amide bonds. The number of hydrogen-bond donors (Lipinski definition) is 1. The number of ether oxygens (including phenoxy) is 1. The van der Waals surface area contributed by atoms with Crippen LogP contribution in [0.1, 0.15) is 48.7 Å². The Hall–Kier alpha value is -2.58. The number of benzene rings is 2. The molecule has 1 saturated carbocycles. The molecule has 1 unspecified atom stereocenters. The van der Waals surface area contributed by atoms with Crippen LogP contribution in [0.3, 0.4) is 0 Å². The molecule has 2 aliphatic rings. The van der Waals surface area contributed by atoms with Crippen LogP contribution < -0.4 is 10.1 Å². The van der Waals surface area contributed by atoms with Crippen LogP contribution in [0, 0.1) is 0 Å². The van der Waals surface area contributed by atoms with Crippen molar-refractivity contribution < 1.29 is 27.3 Å². The molecule has 0 saturated heterocycles. The van der Waals surface area contributed by atoms with Gasteiger partial charge in [-0.15, -0.1) is 0 Å². The summed E-state index contributed by atoms with van der Waals surface area (Å²) in [4.78, 5) is 12.8. The molecule has 33 heavy (non-hydrogen) atoms. The quantitative estimate of drug-likeness (QED) is 0.514. The Kier molecular flexibility index (Phi) is 5.61. The van der Waals surface area contributed by atoms with Crippen LogP contribution in [0.25, 0.3) is 22.1 Å². The Labute approximate surface area is 193 Å². The predicted octanol–water partition coefficient (Wildman–Crippen LogP) is 5.44. The minimum absolute atomic E-state index is 0.161. The Balaban J connectivity index is 1.36. The number of halogens is 2. The molecule has 1 aliphatic heterocycles. The van der Waals surface area contributed by atoms with E-state index in [2.05, 4.69) is 5.32 Å². The second-order valence-corrected chi connectivity index (χ2v) is 10.8. The van der Waals surface area contributed by atoms with E-state index in [4.69, 9.17) is 9.15 Å². The summed E-state index contributed by atoms with van der Waals surface area (Å²) in [5.41, 5.74) is 2.66. The molecule has 0 bridgehead atoms. The lowest BCUT2D eigenvalue weighted by atomic mass is 9.81. The summed E-state index contributed by atoms with van der Waals surface area (Å²) in [6.45, 7) is 2.23. The number of alkyl halides is 2. The molecule has 1 aliphatic carbocycles. The highest BCUT2D eigenvalue weighted by Gasteiger charge is 2.41. The molecule has 8 heteroatoms. The molecule has 3 aromatic rings. The van der Waals surface area contributed by atoms with E-state index in [9.17, 15) is 18.1 Å². The number of hydrogen-bond acceptors (Lipinski definition) is 4. The topological polar surface area (TPSA) is 74.5 Å². The Morgan fingerprint density at radius 3 is 2.58 bits per heavy atom. The number of carbonyl (C=O) groups is 1. The van der Waals surface area contributed by atoms with Gasteiger partial charge in [0.1, 0.15) is 29.4 Å². The van der Waals surface area contributed by atoms with Crippen LogP contribution in [0.4, 0.5) is 8.78 Å². The predicted molar refractivity (Wildman–Crippen MR) is 123 cm³/mol. The lowest BCUT2D eigenvalue weighted by Crippen LogP contribution is -2.50. The molecule has 1 N–H and O–H groups in total. The zero-order valence-electron chi connectivity index (χ0n) is 18.3. The fourth-order valence-corrected chi connectivity index (χ4v) is 5.43. The SMILES string of the molecule is CC1(NC(=O)c2cc3ccc(-c4ccc5c(c4)OCC[S+]([O-])C5)cc3o2)CCC(F)(F)CC1. The molecular formula is C25H25F2NO4S. The number of furan rings is 1. The van der Waals surface area contributed by atoms with E-state index in [1.807, 2.05) is 36.4 Å². The molecule has 0 radical (unpaired) electrons. The summed E-state index contributed by atoms with van der Waals surface area (Å²) >= 11 is -0.915. The first-order chi connectivity index (χ1) is 15.7. The highest BCUT2D eigenvalue weighted by Crippen LogP contribution is 2.38. The average molecular weight is 474 g/mol. The molecule has 174 valence electrons. The van der Waals surface area contributed by atoms with Crippen LogP contribution in [-0.4, -0.2) is 34.3 Å². The third-order valence-corrected chi connectivity index (χ3v) is 7.78. The van der Waals surface area contributed by atoms with E-state index < -0.39 is 28.5 Å². The first kappa shape index (κ1) is 22.2. The van der Waals surface area contributed by atoms with Crippen molar-refractivity contribution in [3.05, 3.63) is 53.8 Å². The van der Waals surface area contributed by atoms with Gasteiger partial charge in [0, 0.05) is 29.3 Å². The zero-order valence-corrected chi connectivity index (χ0v) is 19.1. The van der Waals surface area contributed by atoms with E-state index in [1.54, 1.807) is 13.0 Å². The summed E-state index contributed by atoms with van der Waals surface area (Å²) in [5.74, 6) is -1.14. The third kappa shape index (κ3) is 4.73. The molecule has 5 rings (SSSR count). The highest BCUT2D eigenvalue weighted by atomic mass is 32.2. The van der Waals surface area contributed by atoms with Crippen molar-refractivity contribution in [2.24, 2.45) is 0 Å². The minimum atomic E-state index is -2.65. The van der Waals surface area contributed by atoms with E-state index in [1.165, 1.54) is 0 Å². The first-order valence-corrected chi connectivity index (χ1v) is 12.5. The summed E-state index contributed by atoms with van der Waals surface area (Å²) in [7, 11) is 0. The van der Waals surface area contributed by atoms with Gasteiger partial charge in [-0.2, -0.15) is 0 Å². The van der Waals surface area contributed by atoms with Gasteiger partial charge in [-0.1, -0.05) is 18.2 Å². The first-order valence-electron chi connectivity index (χ1n) is 11.0. The number of fused-ring (bicyclic) bond motifs is 2. The zero-order chi connectivity index (χ0) is 23.2. The van der Waals surface area contributed by atoms with Crippen LogP contribution >= 0.6 is 0 Å². The molecule has 0 spiro atoms. The molecule has 1 fully saturated rings. The Morgan fingerprint density at radius 1 is 1.06 bits per heavy atom. The number of carbonyl (C=O) groups excluding carboxylic acids is 1. The molecule has 1 aromatic heterocycles. The van der Waals surface area contributed by atoms with Crippen molar-refractivity contribution in [1.29, 1.82) is 0 Å². The maximum absolute atomic E-state index is 13.5. The van der Waals surface area contributed by atoms with E-state index in [-0.39, 0.29) is 31.4 Å². The van der Waals surface area contributed by atoms with Crippen LogP contribution in [0.15, 0.2) is 46.9 Å². The van der Waals surface area contributed by atoms with Crippen LogP contribution in [0.2, 0.25) is 0 Å². The summed E-state index contributed by atoms with van der Waals surface area (Å²) < 4.78 is 50.6. The summed E-state index contributed by atoms with van der Waals surface area (Å²) in [6, 6.07) is 13.2. The smallest absolute Gasteiger partial charge is 0.287 e. The van der Waals surface area contributed by atoms with Gasteiger partial charge in [-0.25, -0.2) is 8.78 Å². The number of amides is 1.